The zero-order valence-corrected chi connectivity index (χ0v) is 8.76. The first kappa shape index (κ1) is 11.5. The second kappa shape index (κ2) is 3.80. The molecule has 0 fully saturated rings. The van der Waals surface area contributed by atoms with Crippen LogP contribution in [0, 0.1) is 0 Å². The summed E-state index contributed by atoms with van der Waals surface area (Å²) in [5.41, 5.74) is -0.527. The monoisotopic (exact) mass is 243 g/mol. The minimum absolute atomic E-state index is 0.000741. The van der Waals surface area contributed by atoms with Gasteiger partial charge in [0.2, 0.25) is 0 Å². The Hall–Kier alpha value is -1.98. The van der Waals surface area contributed by atoms with Crippen LogP contribution in [0.3, 0.4) is 0 Å². The largest absolute Gasteiger partial charge is 0.464 e. The van der Waals surface area contributed by atoms with Gasteiger partial charge in [-0.15, -0.1) is 0 Å². The van der Waals surface area contributed by atoms with Crippen LogP contribution in [0.1, 0.15) is 16.1 Å². The maximum Gasteiger partial charge on any atom is 0.417 e. The summed E-state index contributed by atoms with van der Waals surface area (Å²) < 4.78 is 42.5. The number of halogens is 3. The fourth-order valence-electron chi connectivity index (χ4n) is 1.62. The molecule has 90 valence electrons. The van der Waals surface area contributed by atoms with Crippen molar-refractivity contribution in [2.45, 2.75) is 6.18 Å². The summed E-state index contributed by atoms with van der Waals surface area (Å²) >= 11 is 0. The number of benzene rings is 1. The Kier molecular flexibility index (Phi) is 2.57. The number of aromatic nitrogens is 1. The van der Waals surface area contributed by atoms with Gasteiger partial charge in [0, 0.05) is 10.9 Å². The molecule has 0 saturated carbocycles. The Morgan fingerprint density at radius 3 is 2.65 bits per heavy atom. The highest BCUT2D eigenvalue weighted by Crippen LogP contribution is 2.34. The summed E-state index contributed by atoms with van der Waals surface area (Å²) in [5.74, 6) is -0.700. The van der Waals surface area contributed by atoms with E-state index in [0.717, 1.165) is 12.1 Å². The van der Waals surface area contributed by atoms with Crippen molar-refractivity contribution in [3.8, 4) is 0 Å². The van der Waals surface area contributed by atoms with Gasteiger partial charge >= 0.3 is 12.1 Å². The first-order valence-corrected chi connectivity index (χ1v) is 4.70. The van der Waals surface area contributed by atoms with Gasteiger partial charge in [0.15, 0.2) is 0 Å². The quantitative estimate of drug-likeness (QED) is 0.782. The molecule has 0 saturated heterocycles. The van der Waals surface area contributed by atoms with Gasteiger partial charge in [-0.3, -0.25) is 0 Å². The Labute approximate surface area is 94.2 Å². The summed E-state index contributed by atoms with van der Waals surface area (Å²) in [7, 11) is 1.17. The molecule has 0 amide bonds. The Morgan fingerprint density at radius 2 is 2.06 bits per heavy atom. The van der Waals surface area contributed by atoms with Gasteiger partial charge in [0.1, 0.15) is 5.69 Å². The molecule has 17 heavy (non-hydrogen) atoms. The number of esters is 1. The maximum absolute atomic E-state index is 12.7. The van der Waals surface area contributed by atoms with E-state index in [1.54, 1.807) is 0 Å². The molecule has 0 radical (unpaired) electrons. The van der Waals surface area contributed by atoms with Crippen molar-refractivity contribution in [1.82, 2.24) is 4.98 Å². The summed E-state index contributed by atoms with van der Waals surface area (Å²) in [5, 5.41) is -0.0413. The highest BCUT2D eigenvalue weighted by molar-refractivity contribution is 5.96. The number of methoxy groups -OCH3 is 1. The molecule has 0 atom stereocenters. The van der Waals surface area contributed by atoms with Crippen molar-refractivity contribution >= 4 is 16.9 Å². The average Bonchev–Trinajstić information content (AvgIpc) is 2.69. The van der Waals surface area contributed by atoms with Crippen molar-refractivity contribution in [1.29, 1.82) is 0 Å². The molecule has 6 heteroatoms. The lowest BCUT2D eigenvalue weighted by atomic mass is 10.1. The van der Waals surface area contributed by atoms with Gasteiger partial charge in [0.25, 0.3) is 0 Å². The molecule has 0 aliphatic rings. The summed E-state index contributed by atoms with van der Waals surface area (Å²) in [6.45, 7) is 0. The van der Waals surface area contributed by atoms with Gasteiger partial charge in [-0.2, -0.15) is 13.2 Å². The number of ether oxygens (including phenoxy) is 1. The number of carbonyl (C=O) groups is 1. The number of hydrogen-bond acceptors (Lipinski definition) is 2. The van der Waals surface area contributed by atoms with Crippen molar-refractivity contribution in [2.75, 3.05) is 7.11 Å². The Bertz CT molecular complexity index is 572. The minimum Gasteiger partial charge on any atom is -0.464 e. The average molecular weight is 243 g/mol. The first-order chi connectivity index (χ1) is 7.93. The molecule has 0 aliphatic heterocycles. The number of rotatable bonds is 1. The molecule has 0 bridgehead atoms. The fraction of sp³-hybridized carbons (Fsp3) is 0.182. The Morgan fingerprint density at radius 1 is 1.35 bits per heavy atom. The van der Waals surface area contributed by atoms with Crippen LogP contribution in [-0.2, 0) is 10.9 Å². The molecule has 1 N–H and O–H groups in total. The van der Waals surface area contributed by atoms with Gasteiger partial charge in [-0.1, -0.05) is 6.07 Å². The number of carbonyl (C=O) groups excluding carboxylic acids is 1. The SMILES string of the molecule is COC(=O)c1cc2c(C(F)(F)F)cccc2[nH]1. The molecule has 1 aromatic heterocycles. The first-order valence-electron chi connectivity index (χ1n) is 4.70. The van der Waals surface area contributed by atoms with Crippen molar-refractivity contribution in [2.24, 2.45) is 0 Å². The van der Waals surface area contributed by atoms with E-state index >= 15 is 0 Å². The molecule has 1 aromatic carbocycles. The molecule has 1 heterocycles. The van der Waals surface area contributed by atoms with Crippen LogP contribution < -0.4 is 0 Å². The minimum atomic E-state index is -4.45. The maximum atomic E-state index is 12.7. The van der Waals surface area contributed by atoms with Crippen LogP contribution >= 0.6 is 0 Å². The number of alkyl halides is 3. The normalized spacial score (nSPS) is 11.8. The van der Waals surface area contributed by atoms with Crippen molar-refractivity contribution in [3.05, 3.63) is 35.5 Å². The van der Waals surface area contributed by atoms with E-state index in [0.29, 0.717) is 0 Å². The molecule has 0 aliphatic carbocycles. The third-order valence-electron chi connectivity index (χ3n) is 2.37. The van der Waals surface area contributed by atoms with Crippen LogP contribution in [0.4, 0.5) is 13.2 Å². The van der Waals surface area contributed by atoms with E-state index in [-0.39, 0.29) is 16.6 Å². The third-order valence-corrected chi connectivity index (χ3v) is 2.37. The highest BCUT2D eigenvalue weighted by atomic mass is 19.4. The van der Waals surface area contributed by atoms with Gasteiger partial charge < -0.3 is 9.72 Å². The van der Waals surface area contributed by atoms with Gasteiger partial charge in [0.05, 0.1) is 12.7 Å². The predicted octanol–water partition coefficient (Wildman–Crippen LogP) is 2.97. The zero-order chi connectivity index (χ0) is 12.6. The molecule has 0 spiro atoms. The molecule has 2 rings (SSSR count). The number of aromatic amines is 1. The van der Waals surface area contributed by atoms with Crippen LogP contribution in [0.15, 0.2) is 24.3 Å². The molecule has 0 unspecified atom stereocenters. The van der Waals surface area contributed by atoms with Crippen molar-refractivity contribution in [3.63, 3.8) is 0 Å². The van der Waals surface area contributed by atoms with Crippen LogP contribution in [0.5, 0.6) is 0 Å². The molecule has 2 aromatic rings. The lowest BCUT2D eigenvalue weighted by molar-refractivity contribution is -0.136. The van der Waals surface area contributed by atoms with Crippen LogP contribution in [-0.4, -0.2) is 18.1 Å². The number of hydrogen-bond donors (Lipinski definition) is 1. The van der Waals surface area contributed by atoms with E-state index in [2.05, 4.69) is 9.72 Å². The standard InChI is InChI=1S/C11H8F3NO2/c1-17-10(16)9-5-6-7(11(12,13)14)3-2-4-8(6)15-9/h2-5,15H,1H3. The lowest BCUT2D eigenvalue weighted by Gasteiger charge is -2.06. The molecule has 3 nitrogen and oxygen atoms in total. The van der Waals surface area contributed by atoms with E-state index in [1.807, 2.05) is 0 Å². The summed E-state index contributed by atoms with van der Waals surface area (Å²) in [6.07, 6.45) is -4.45. The van der Waals surface area contributed by atoms with Crippen LogP contribution in [0.25, 0.3) is 10.9 Å². The number of nitrogens with one attached hydrogen (secondary N) is 1. The van der Waals surface area contributed by atoms with Gasteiger partial charge in [-0.05, 0) is 18.2 Å². The summed E-state index contributed by atoms with van der Waals surface area (Å²) in [4.78, 5) is 13.8. The number of fused-ring (bicyclic) bond motifs is 1. The fourth-order valence-corrected chi connectivity index (χ4v) is 1.62. The topological polar surface area (TPSA) is 42.1 Å². The summed E-state index contributed by atoms with van der Waals surface area (Å²) in [6, 6.07) is 4.86. The second-order valence-corrected chi connectivity index (χ2v) is 3.44. The molecular weight excluding hydrogens is 235 g/mol. The van der Waals surface area contributed by atoms with E-state index in [4.69, 9.17) is 0 Å². The van der Waals surface area contributed by atoms with E-state index in [1.165, 1.54) is 19.2 Å². The lowest BCUT2D eigenvalue weighted by Crippen LogP contribution is -2.04. The zero-order valence-electron chi connectivity index (χ0n) is 8.76. The van der Waals surface area contributed by atoms with E-state index in [9.17, 15) is 18.0 Å². The second-order valence-electron chi connectivity index (χ2n) is 3.44. The predicted molar refractivity (Wildman–Crippen MR) is 54.6 cm³/mol. The molecular formula is C11H8F3NO2. The highest BCUT2D eigenvalue weighted by Gasteiger charge is 2.33. The van der Waals surface area contributed by atoms with Crippen molar-refractivity contribution < 1.29 is 22.7 Å². The van der Waals surface area contributed by atoms with Crippen LogP contribution in [0.2, 0.25) is 0 Å². The third kappa shape index (κ3) is 1.98. The Balaban J connectivity index is 2.65. The smallest absolute Gasteiger partial charge is 0.417 e. The van der Waals surface area contributed by atoms with Gasteiger partial charge in [-0.25, -0.2) is 4.79 Å². The van der Waals surface area contributed by atoms with E-state index < -0.39 is 17.7 Å². The number of H-pyrrole nitrogens is 1.